The van der Waals surface area contributed by atoms with Crippen LogP contribution in [-0.2, 0) is 9.53 Å². The molecule has 2 rings (SSSR count). The second kappa shape index (κ2) is 3.87. The molecule has 1 aliphatic heterocycles. The highest BCUT2D eigenvalue weighted by Gasteiger charge is 2.40. The Morgan fingerprint density at radius 3 is 2.64 bits per heavy atom. The number of nitrogens with one attached hydrogen (secondary N) is 1. The number of carboxylic acids is 1. The number of carbonyl (C=O) groups is 1. The fraction of sp³-hybridized carbons (Fsp3) is 0.900. The van der Waals surface area contributed by atoms with E-state index in [4.69, 9.17) is 9.84 Å². The highest BCUT2D eigenvalue weighted by atomic mass is 16.5. The molecular formula is C10H17NO3. The van der Waals surface area contributed by atoms with Crippen molar-refractivity contribution < 1.29 is 14.6 Å². The molecule has 0 spiro atoms. The van der Waals surface area contributed by atoms with E-state index in [2.05, 4.69) is 5.32 Å². The van der Waals surface area contributed by atoms with Crippen molar-refractivity contribution in [1.29, 1.82) is 0 Å². The van der Waals surface area contributed by atoms with E-state index >= 15 is 0 Å². The highest BCUT2D eigenvalue weighted by Crippen LogP contribution is 2.33. The van der Waals surface area contributed by atoms with Gasteiger partial charge in [0.2, 0.25) is 0 Å². The lowest BCUT2D eigenvalue weighted by atomic mass is 9.93. The summed E-state index contributed by atoms with van der Waals surface area (Å²) in [6, 6.07) is 0. The smallest absolute Gasteiger partial charge is 0.306 e. The number of carboxylic acid groups (broad SMARTS) is 1. The molecule has 2 aliphatic rings. The Morgan fingerprint density at radius 2 is 2.21 bits per heavy atom. The fourth-order valence-corrected chi connectivity index (χ4v) is 1.81. The largest absolute Gasteiger partial charge is 0.481 e. The lowest BCUT2D eigenvalue weighted by Crippen LogP contribution is -2.62. The Balaban J connectivity index is 1.70. The zero-order valence-electron chi connectivity index (χ0n) is 8.29. The number of hydrogen-bond donors (Lipinski definition) is 2. The molecule has 1 heterocycles. The molecule has 0 unspecified atom stereocenters. The molecule has 0 radical (unpaired) electrons. The van der Waals surface area contributed by atoms with Gasteiger partial charge in [-0.05, 0) is 12.3 Å². The van der Waals surface area contributed by atoms with Gasteiger partial charge in [0.25, 0.3) is 0 Å². The molecule has 4 nitrogen and oxygen atoms in total. The van der Waals surface area contributed by atoms with E-state index in [1.54, 1.807) is 0 Å². The van der Waals surface area contributed by atoms with Gasteiger partial charge in [-0.3, -0.25) is 4.79 Å². The van der Waals surface area contributed by atoms with E-state index in [1.807, 2.05) is 0 Å². The molecule has 0 aromatic rings. The van der Waals surface area contributed by atoms with Crippen LogP contribution in [-0.4, -0.2) is 36.4 Å². The third kappa shape index (κ3) is 2.45. The summed E-state index contributed by atoms with van der Waals surface area (Å²) in [5.74, 6) is 0.0860. The maximum Gasteiger partial charge on any atom is 0.306 e. The molecule has 1 saturated carbocycles. The summed E-state index contributed by atoms with van der Waals surface area (Å²) in [6.07, 6.45) is 3.88. The lowest BCUT2D eigenvalue weighted by molar-refractivity contribution is -0.150. The zero-order chi connectivity index (χ0) is 10.0. The summed E-state index contributed by atoms with van der Waals surface area (Å²) >= 11 is 0. The number of rotatable bonds is 6. The minimum Gasteiger partial charge on any atom is -0.481 e. The van der Waals surface area contributed by atoms with Gasteiger partial charge in [-0.1, -0.05) is 12.8 Å². The maximum atomic E-state index is 10.6. The molecule has 0 aromatic carbocycles. The van der Waals surface area contributed by atoms with Crippen LogP contribution in [0, 0.1) is 5.92 Å². The van der Waals surface area contributed by atoms with Crippen LogP contribution >= 0.6 is 0 Å². The van der Waals surface area contributed by atoms with Crippen molar-refractivity contribution in [2.75, 3.05) is 19.7 Å². The van der Waals surface area contributed by atoms with E-state index in [0.29, 0.717) is 13.1 Å². The van der Waals surface area contributed by atoms with Gasteiger partial charge in [-0.25, -0.2) is 0 Å². The predicted molar refractivity (Wildman–Crippen MR) is 51.1 cm³/mol. The van der Waals surface area contributed by atoms with Gasteiger partial charge in [0, 0.05) is 19.7 Å². The SMILES string of the molecule is O=C(O)CC1(OCCC2CC2)CNC1. The van der Waals surface area contributed by atoms with E-state index in [-0.39, 0.29) is 6.42 Å². The Morgan fingerprint density at radius 1 is 1.50 bits per heavy atom. The Bertz CT molecular complexity index is 221. The van der Waals surface area contributed by atoms with Crippen molar-refractivity contribution in [3.8, 4) is 0 Å². The van der Waals surface area contributed by atoms with E-state index in [9.17, 15) is 4.79 Å². The highest BCUT2D eigenvalue weighted by molar-refractivity contribution is 5.68. The van der Waals surface area contributed by atoms with Crippen molar-refractivity contribution in [3.05, 3.63) is 0 Å². The first kappa shape index (κ1) is 9.93. The number of aliphatic carboxylic acids is 1. The van der Waals surface area contributed by atoms with Crippen molar-refractivity contribution in [2.45, 2.75) is 31.3 Å². The van der Waals surface area contributed by atoms with Crippen LogP contribution in [0.2, 0.25) is 0 Å². The van der Waals surface area contributed by atoms with Crippen molar-refractivity contribution >= 4 is 5.97 Å². The molecular weight excluding hydrogens is 182 g/mol. The minimum absolute atomic E-state index is 0.130. The Labute approximate surface area is 83.6 Å². The third-order valence-electron chi connectivity index (χ3n) is 3.00. The molecule has 0 bridgehead atoms. The first-order chi connectivity index (χ1) is 6.70. The van der Waals surface area contributed by atoms with Crippen molar-refractivity contribution in [1.82, 2.24) is 5.32 Å². The van der Waals surface area contributed by atoms with Gasteiger partial charge in [0.1, 0.15) is 5.60 Å². The molecule has 1 aliphatic carbocycles. The van der Waals surface area contributed by atoms with Gasteiger partial charge >= 0.3 is 5.97 Å². The standard InChI is InChI=1S/C10H17NO3/c12-9(13)5-10(6-11-7-10)14-4-3-8-1-2-8/h8,11H,1-7H2,(H,12,13). The summed E-state index contributed by atoms with van der Waals surface area (Å²) < 4.78 is 5.68. The summed E-state index contributed by atoms with van der Waals surface area (Å²) in [4.78, 5) is 10.6. The molecule has 80 valence electrons. The fourth-order valence-electron chi connectivity index (χ4n) is 1.81. The monoisotopic (exact) mass is 199 g/mol. The number of hydrogen-bond acceptors (Lipinski definition) is 3. The molecule has 4 heteroatoms. The van der Waals surface area contributed by atoms with Gasteiger partial charge in [-0.15, -0.1) is 0 Å². The van der Waals surface area contributed by atoms with Crippen LogP contribution in [0.4, 0.5) is 0 Å². The zero-order valence-corrected chi connectivity index (χ0v) is 8.29. The van der Waals surface area contributed by atoms with Crippen LogP contribution < -0.4 is 5.32 Å². The van der Waals surface area contributed by atoms with Crippen LogP contribution in [0.1, 0.15) is 25.7 Å². The molecule has 0 amide bonds. The van der Waals surface area contributed by atoms with Crippen LogP contribution in [0.25, 0.3) is 0 Å². The Hall–Kier alpha value is -0.610. The number of ether oxygens (including phenoxy) is 1. The second-order valence-electron chi connectivity index (χ2n) is 4.44. The van der Waals surface area contributed by atoms with Crippen molar-refractivity contribution in [3.63, 3.8) is 0 Å². The summed E-state index contributed by atoms with van der Waals surface area (Å²) in [6.45, 7) is 2.09. The summed E-state index contributed by atoms with van der Waals surface area (Å²) in [7, 11) is 0. The third-order valence-corrected chi connectivity index (χ3v) is 3.00. The normalized spacial score (nSPS) is 24.3. The van der Waals surface area contributed by atoms with Crippen molar-refractivity contribution in [2.24, 2.45) is 5.92 Å². The molecule has 1 saturated heterocycles. The van der Waals surface area contributed by atoms with Gasteiger partial charge in [-0.2, -0.15) is 0 Å². The molecule has 0 atom stereocenters. The van der Waals surface area contributed by atoms with Gasteiger partial charge in [0.05, 0.1) is 6.42 Å². The van der Waals surface area contributed by atoms with Crippen LogP contribution in [0.5, 0.6) is 0 Å². The second-order valence-corrected chi connectivity index (χ2v) is 4.44. The van der Waals surface area contributed by atoms with E-state index < -0.39 is 11.6 Å². The topological polar surface area (TPSA) is 58.6 Å². The average Bonchev–Trinajstić information content (AvgIpc) is 2.82. The van der Waals surface area contributed by atoms with E-state index in [1.165, 1.54) is 12.8 Å². The summed E-state index contributed by atoms with van der Waals surface area (Å²) in [5.41, 5.74) is -0.402. The molecule has 0 aromatic heterocycles. The van der Waals surface area contributed by atoms with Gasteiger partial charge < -0.3 is 15.2 Å². The Kier molecular flexibility index (Phi) is 2.74. The first-order valence-electron chi connectivity index (χ1n) is 5.27. The molecule has 2 N–H and O–H groups in total. The lowest BCUT2D eigenvalue weighted by Gasteiger charge is -2.41. The predicted octanol–water partition coefficient (Wildman–Crippen LogP) is 0.620. The minimum atomic E-state index is -0.766. The van der Waals surface area contributed by atoms with Gasteiger partial charge in [0.15, 0.2) is 0 Å². The van der Waals surface area contributed by atoms with Crippen LogP contribution in [0.15, 0.2) is 0 Å². The summed E-state index contributed by atoms with van der Waals surface area (Å²) in [5, 5.41) is 11.8. The molecule has 2 fully saturated rings. The molecule has 14 heavy (non-hydrogen) atoms. The maximum absolute atomic E-state index is 10.6. The van der Waals surface area contributed by atoms with Crippen LogP contribution in [0.3, 0.4) is 0 Å². The van der Waals surface area contributed by atoms with E-state index in [0.717, 1.165) is 18.9 Å². The quantitative estimate of drug-likeness (QED) is 0.658. The average molecular weight is 199 g/mol. The first-order valence-corrected chi connectivity index (χ1v) is 5.27.